The highest BCUT2D eigenvalue weighted by molar-refractivity contribution is 6.35. The molecule has 0 aliphatic rings. The molecule has 0 bridgehead atoms. The maximum atomic E-state index is 11.1. The monoisotopic (exact) mass is 258 g/mol. The summed E-state index contributed by atoms with van der Waals surface area (Å²) in [5, 5.41) is 24.7. The molecule has 102 valence electrons. The normalized spacial score (nSPS) is 14.7. The van der Waals surface area contributed by atoms with Crippen molar-refractivity contribution < 1.29 is 19.8 Å². The minimum absolute atomic E-state index is 0.272. The Morgan fingerprint density at radius 2 is 1.33 bits per heavy atom. The number of amides is 2. The molecule has 0 radical (unpaired) electrons. The van der Waals surface area contributed by atoms with E-state index in [2.05, 4.69) is 10.2 Å². The molecule has 0 aromatic rings. The first-order chi connectivity index (χ1) is 8.43. The van der Waals surface area contributed by atoms with Gasteiger partial charge in [-0.3, -0.25) is 9.59 Å². The van der Waals surface area contributed by atoms with Gasteiger partial charge >= 0.3 is 11.8 Å². The summed E-state index contributed by atoms with van der Waals surface area (Å²) in [5.41, 5.74) is 3.94. The summed E-state index contributed by atoms with van der Waals surface area (Å²) in [6.45, 7) is 3.13. The van der Waals surface area contributed by atoms with Gasteiger partial charge in [-0.15, -0.1) is 0 Å². The van der Waals surface area contributed by atoms with Gasteiger partial charge in [0, 0.05) is 25.3 Å². The van der Waals surface area contributed by atoms with E-state index in [-0.39, 0.29) is 12.8 Å². The van der Waals surface area contributed by atoms with Gasteiger partial charge in [-0.2, -0.15) is 10.2 Å². The van der Waals surface area contributed by atoms with Crippen molar-refractivity contribution in [3.8, 4) is 0 Å². The van der Waals surface area contributed by atoms with Crippen molar-refractivity contribution in [2.75, 3.05) is 0 Å². The molecule has 8 nitrogen and oxygen atoms in total. The Morgan fingerprint density at radius 1 is 1.00 bits per heavy atom. The molecule has 18 heavy (non-hydrogen) atoms. The van der Waals surface area contributed by atoms with Crippen molar-refractivity contribution in [2.24, 2.45) is 10.2 Å². The molecule has 0 heterocycles. The molecule has 0 aromatic carbocycles. The number of nitrogens with one attached hydrogen (secondary N) is 2. The lowest BCUT2D eigenvalue weighted by atomic mass is 10.3. The lowest BCUT2D eigenvalue weighted by Gasteiger charge is -1.99. The van der Waals surface area contributed by atoms with Crippen LogP contribution in [0, 0.1) is 0 Å². The highest BCUT2D eigenvalue weighted by Crippen LogP contribution is 1.84. The number of carbonyl (C=O) groups excluding carboxylic acids is 2. The molecule has 2 atom stereocenters. The molecule has 4 N–H and O–H groups in total. The summed E-state index contributed by atoms with van der Waals surface area (Å²) in [6.07, 6.45) is 1.98. The molecule has 2 amide bonds. The summed E-state index contributed by atoms with van der Waals surface area (Å²) in [4.78, 5) is 22.2. The standard InChI is InChI=1S/C10H18N4O4/c1-7(15)3-5-11-13-9(17)10(18)14-12-6-4-8(2)16/h5-8,15-16H,3-4H2,1-2H3,(H,13,17)(H,14,18)/b11-5-,12-6-/t7-,8+. The van der Waals surface area contributed by atoms with Gasteiger partial charge in [0.2, 0.25) is 0 Å². The molecule has 0 aliphatic carbocycles. The molecule has 0 aromatic heterocycles. The van der Waals surface area contributed by atoms with Gasteiger partial charge < -0.3 is 10.2 Å². The van der Waals surface area contributed by atoms with E-state index in [1.54, 1.807) is 13.8 Å². The number of rotatable bonds is 6. The van der Waals surface area contributed by atoms with Crippen LogP contribution in [0.4, 0.5) is 0 Å². The van der Waals surface area contributed by atoms with E-state index in [0.29, 0.717) is 0 Å². The Hall–Kier alpha value is -1.80. The molecular weight excluding hydrogens is 240 g/mol. The fraction of sp³-hybridized carbons (Fsp3) is 0.600. The van der Waals surface area contributed by atoms with Crippen molar-refractivity contribution in [3.05, 3.63) is 0 Å². The second-order valence-corrected chi connectivity index (χ2v) is 3.67. The average Bonchev–Trinajstić information content (AvgIpc) is 2.29. The van der Waals surface area contributed by atoms with E-state index in [0.717, 1.165) is 0 Å². The number of carbonyl (C=O) groups is 2. The van der Waals surface area contributed by atoms with Gasteiger partial charge in [0.1, 0.15) is 0 Å². The summed E-state index contributed by atoms with van der Waals surface area (Å²) < 4.78 is 0. The van der Waals surface area contributed by atoms with Crippen molar-refractivity contribution >= 4 is 24.2 Å². The van der Waals surface area contributed by atoms with E-state index < -0.39 is 24.0 Å². The first-order valence-corrected chi connectivity index (χ1v) is 5.43. The van der Waals surface area contributed by atoms with Crippen LogP contribution < -0.4 is 10.9 Å². The maximum absolute atomic E-state index is 11.1. The van der Waals surface area contributed by atoms with Gasteiger partial charge in [0.05, 0.1) is 12.2 Å². The van der Waals surface area contributed by atoms with Crippen LogP contribution >= 0.6 is 0 Å². The van der Waals surface area contributed by atoms with Crippen LogP contribution in [0.1, 0.15) is 26.7 Å². The zero-order chi connectivity index (χ0) is 14.0. The smallest absolute Gasteiger partial charge is 0.331 e. The number of hydrogen-bond acceptors (Lipinski definition) is 6. The number of nitrogens with zero attached hydrogens (tertiary/aromatic N) is 2. The second kappa shape index (κ2) is 9.25. The highest BCUT2D eigenvalue weighted by atomic mass is 16.3. The molecule has 0 aliphatic heterocycles. The number of hydrogen-bond donors (Lipinski definition) is 4. The lowest BCUT2D eigenvalue weighted by molar-refractivity contribution is -0.139. The SMILES string of the molecule is C[C@H](O)C/C=N\NC(=O)C(=O)N/N=C\C[C@@H](C)O. The Morgan fingerprint density at radius 3 is 1.61 bits per heavy atom. The second-order valence-electron chi connectivity index (χ2n) is 3.67. The van der Waals surface area contributed by atoms with E-state index >= 15 is 0 Å². The third kappa shape index (κ3) is 9.43. The fourth-order valence-corrected chi connectivity index (χ4v) is 0.721. The summed E-state index contributed by atoms with van der Waals surface area (Å²) in [6, 6.07) is 0. The van der Waals surface area contributed by atoms with Crippen LogP contribution in [0.3, 0.4) is 0 Å². The Balaban J connectivity index is 3.86. The zero-order valence-corrected chi connectivity index (χ0v) is 10.3. The summed E-state index contributed by atoms with van der Waals surface area (Å²) >= 11 is 0. The first-order valence-electron chi connectivity index (χ1n) is 5.43. The largest absolute Gasteiger partial charge is 0.393 e. The molecule has 0 spiro atoms. The van der Waals surface area contributed by atoms with Gasteiger partial charge in [-0.1, -0.05) is 0 Å². The van der Waals surface area contributed by atoms with Crippen LogP contribution in [-0.2, 0) is 9.59 Å². The lowest BCUT2D eigenvalue weighted by Crippen LogP contribution is -2.35. The predicted octanol–water partition coefficient (Wildman–Crippen LogP) is -1.27. The van der Waals surface area contributed by atoms with Crippen molar-refractivity contribution in [1.82, 2.24) is 10.9 Å². The molecule has 0 unspecified atom stereocenters. The Labute approximate surface area is 105 Å². The van der Waals surface area contributed by atoms with E-state index in [4.69, 9.17) is 10.2 Å². The van der Waals surface area contributed by atoms with Crippen LogP contribution in [0.2, 0.25) is 0 Å². The van der Waals surface area contributed by atoms with Gasteiger partial charge in [-0.05, 0) is 13.8 Å². The van der Waals surface area contributed by atoms with Crippen LogP contribution in [-0.4, -0.2) is 46.7 Å². The summed E-state index contributed by atoms with van der Waals surface area (Å²) in [7, 11) is 0. The highest BCUT2D eigenvalue weighted by Gasteiger charge is 2.10. The Bertz CT molecular complexity index is 294. The average molecular weight is 258 g/mol. The number of aliphatic hydroxyl groups is 2. The number of hydrazone groups is 2. The molecule has 0 fully saturated rings. The van der Waals surface area contributed by atoms with Crippen LogP contribution in [0.5, 0.6) is 0 Å². The van der Waals surface area contributed by atoms with Crippen LogP contribution in [0.15, 0.2) is 10.2 Å². The van der Waals surface area contributed by atoms with Gasteiger partial charge in [0.15, 0.2) is 0 Å². The van der Waals surface area contributed by atoms with Crippen LogP contribution in [0.25, 0.3) is 0 Å². The third-order valence-corrected chi connectivity index (χ3v) is 1.61. The van der Waals surface area contributed by atoms with Crippen molar-refractivity contribution in [1.29, 1.82) is 0 Å². The molecule has 0 rings (SSSR count). The molecule has 0 saturated carbocycles. The predicted molar refractivity (Wildman–Crippen MR) is 65.9 cm³/mol. The minimum atomic E-state index is -0.967. The molecule has 8 heteroatoms. The molecule has 0 saturated heterocycles. The Kier molecular flexibility index (Phi) is 8.33. The third-order valence-electron chi connectivity index (χ3n) is 1.61. The zero-order valence-electron chi connectivity index (χ0n) is 10.3. The fourth-order valence-electron chi connectivity index (χ4n) is 0.721. The first kappa shape index (κ1) is 16.2. The van der Waals surface area contributed by atoms with Gasteiger partial charge in [0.25, 0.3) is 0 Å². The maximum Gasteiger partial charge on any atom is 0.331 e. The quantitative estimate of drug-likeness (QED) is 0.269. The molecular formula is C10H18N4O4. The minimum Gasteiger partial charge on any atom is -0.393 e. The van der Waals surface area contributed by atoms with Gasteiger partial charge in [-0.25, -0.2) is 10.9 Å². The number of aliphatic hydroxyl groups excluding tert-OH is 2. The summed E-state index contributed by atoms with van der Waals surface area (Å²) in [5.74, 6) is -1.93. The van der Waals surface area contributed by atoms with E-state index in [9.17, 15) is 9.59 Å². The van der Waals surface area contributed by atoms with E-state index in [1.807, 2.05) is 10.9 Å². The van der Waals surface area contributed by atoms with Crippen molar-refractivity contribution in [2.45, 2.75) is 38.9 Å². The topological polar surface area (TPSA) is 123 Å². The van der Waals surface area contributed by atoms with Crippen molar-refractivity contribution in [3.63, 3.8) is 0 Å². The van der Waals surface area contributed by atoms with E-state index in [1.165, 1.54) is 12.4 Å².